The fraction of sp³-hybridized carbons (Fsp3) is 0.625. The zero-order valence-corrected chi connectivity index (χ0v) is 11.8. The number of hydrogen-bond acceptors (Lipinski definition) is 3. The van der Waals surface area contributed by atoms with Crippen LogP contribution in [0.25, 0.3) is 0 Å². The lowest BCUT2D eigenvalue weighted by molar-refractivity contribution is 0.238. The lowest BCUT2D eigenvalue weighted by Gasteiger charge is -2.27. The Bertz CT molecular complexity index is 410. The molecule has 0 unspecified atom stereocenters. The molecular formula is C16H25N3. The SMILES string of the molecule is c1cc2c(cc1CCCN1CCNCC1)CCCN2. The van der Waals surface area contributed by atoms with E-state index in [0.29, 0.717) is 0 Å². The van der Waals surface area contributed by atoms with Crippen molar-refractivity contribution in [3.63, 3.8) is 0 Å². The highest BCUT2D eigenvalue weighted by atomic mass is 15.2. The summed E-state index contributed by atoms with van der Waals surface area (Å²) < 4.78 is 0. The average Bonchev–Trinajstić information content (AvgIpc) is 2.48. The summed E-state index contributed by atoms with van der Waals surface area (Å²) in [7, 11) is 0. The van der Waals surface area contributed by atoms with Gasteiger partial charge < -0.3 is 15.5 Å². The number of aryl methyl sites for hydroxylation is 2. The van der Waals surface area contributed by atoms with Gasteiger partial charge in [-0.25, -0.2) is 0 Å². The van der Waals surface area contributed by atoms with Crippen LogP contribution in [0.15, 0.2) is 18.2 Å². The van der Waals surface area contributed by atoms with Gasteiger partial charge in [0, 0.05) is 38.4 Å². The van der Waals surface area contributed by atoms with Crippen LogP contribution >= 0.6 is 0 Å². The topological polar surface area (TPSA) is 27.3 Å². The summed E-state index contributed by atoms with van der Waals surface area (Å²) in [5.41, 5.74) is 4.39. The van der Waals surface area contributed by atoms with Gasteiger partial charge in [0.15, 0.2) is 0 Å². The number of anilines is 1. The Kier molecular flexibility index (Phi) is 4.36. The molecular weight excluding hydrogens is 234 g/mol. The van der Waals surface area contributed by atoms with Crippen LogP contribution in [0.1, 0.15) is 24.0 Å². The van der Waals surface area contributed by atoms with Gasteiger partial charge in [-0.1, -0.05) is 12.1 Å². The lowest BCUT2D eigenvalue weighted by Crippen LogP contribution is -2.43. The molecule has 0 atom stereocenters. The van der Waals surface area contributed by atoms with Crippen molar-refractivity contribution in [1.29, 1.82) is 0 Å². The van der Waals surface area contributed by atoms with Crippen LogP contribution in [0, 0.1) is 0 Å². The largest absolute Gasteiger partial charge is 0.385 e. The lowest BCUT2D eigenvalue weighted by atomic mass is 9.99. The van der Waals surface area contributed by atoms with Crippen molar-refractivity contribution in [1.82, 2.24) is 10.2 Å². The van der Waals surface area contributed by atoms with Crippen LogP contribution in [0.3, 0.4) is 0 Å². The molecule has 1 aromatic rings. The maximum Gasteiger partial charge on any atom is 0.0372 e. The minimum atomic E-state index is 1.13. The van der Waals surface area contributed by atoms with E-state index in [4.69, 9.17) is 0 Å². The first-order chi connectivity index (χ1) is 9.42. The molecule has 0 amide bonds. The van der Waals surface area contributed by atoms with E-state index >= 15 is 0 Å². The van der Waals surface area contributed by atoms with Crippen molar-refractivity contribution in [2.75, 3.05) is 44.6 Å². The molecule has 2 N–H and O–H groups in total. The molecule has 0 aromatic heterocycles. The monoisotopic (exact) mass is 259 g/mol. The molecule has 0 saturated carbocycles. The molecule has 1 aromatic carbocycles. The van der Waals surface area contributed by atoms with E-state index in [0.717, 1.165) is 19.6 Å². The summed E-state index contributed by atoms with van der Waals surface area (Å²) in [5.74, 6) is 0. The molecule has 2 heterocycles. The highest BCUT2D eigenvalue weighted by molar-refractivity contribution is 5.54. The van der Waals surface area contributed by atoms with E-state index in [2.05, 4.69) is 33.7 Å². The quantitative estimate of drug-likeness (QED) is 0.864. The summed E-state index contributed by atoms with van der Waals surface area (Å²) in [6.45, 7) is 7.13. The average molecular weight is 259 g/mol. The maximum atomic E-state index is 3.48. The van der Waals surface area contributed by atoms with Gasteiger partial charge in [0.2, 0.25) is 0 Å². The molecule has 3 heteroatoms. The van der Waals surface area contributed by atoms with Crippen LogP contribution in [0.5, 0.6) is 0 Å². The molecule has 0 spiro atoms. The second-order valence-corrected chi connectivity index (χ2v) is 5.72. The third-order valence-corrected chi connectivity index (χ3v) is 4.26. The van der Waals surface area contributed by atoms with Crippen LogP contribution in [0.4, 0.5) is 5.69 Å². The summed E-state index contributed by atoms with van der Waals surface area (Å²) in [6.07, 6.45) is 5.02. The summed E-state index contributed by atoms with van der Waals surface area (Å²) >= 11 is 0. The molecule has 2 aliphatic rings. The van der Waals surface area contributed by atoms with E-state index in [1.807, 2.05) is 0 Å². The number of nitrogens with zero attached hydrogens (tertiary/aromatic N) is 1. The first-order valence-electron chi connectivity index (χ1n) is 7.70. The Hall–Kier alpha value is -1.06. The van der Waals surface area contributed by atoms with Gasteiger partial charge in [-0.15, -0.1) is 0 Å². The predicted octanol–water partition coefficient (Wildman–Crippen LogP) is 1.88. The molecule has 2 aliphatic heterocycles. The van der Waals surface area contributed by atoms with E-state index in [9.17, 15) is 0 Å². The Morgan fingerprint density at radius 2 is 2.00 bits per heavy atom. The number of rotatable bonds is 4. The molecule has 0 radical (unpaired) electrons. The highest BCUT2D eigenvalue weighted by Gasteiger charge is 2.10. The minimum Gasteiger partial charge on any atom is -0.385 e. The Balaban J connectivity index is 1.49. The van der Waals surface area contributed by atoms with Gasteiger partial charge in [0.05, 0.1) is 0 Å². The number of benzene rings is 1. The first kappa shape index (κ1) is 12.9. The van der Waals surface area contributed by atoms with Crippen molar-refractivity contribution >= 4 is 5.69 Å². The van der Waals surface area contributed by atoms with Crippen LogP contribution in [0.2, 0.25) is 0 Å². The number of fused-ring (bicyclic) bond motifs is 1. The molecule has 104 valence electrons. The zero-order valence-electron chi connectivity index (χ0n) is 11.8. The van der Waals surface area contributed by atoms with Crippen molar-refractivity contribution in [2.45, 2.75) is 25.7 Å². The third kappa shape index (κ3) is 3.48. The van der Waals surface area contributed by atoms with E-state index in [1.54, 1.807) is 0 Å². The zero-order chi connectivity index (χ0) is 12.9. The van der Waals surface area contributed by atoms with Crippen molar-refractivity contribution in [2.24, 2.45) is 0 Å². The van der Waals surface area contributed by atoms with Gasteiger partial charge >= 0.3 is 0 Å². The smallest absolute Gasteiger partial charge is 0.0372 e. The van der Waals surface area contributed by atoms with Crippen molar-refractivity contribution < 1.29 is 0 Å². The summed E-state index contributed by atoms with van der Waals surface area (Å²) in [5, 5.41) is 6.89. The van der Waals surface area contributed by atoms with Gasteiger partial charge in [0.25, 0.3) is 0 Å². The molecule has 19 heavy (non-hydrogen) atoms. The summed E-state index contributed by atoms with van der Waals surface area (Å²) in [4.78, 5) is 2.58. The van der Waals surface area contributed by atoms with Crippen LogP contribution < -0.4 is 10.6 Å². The molecule has 0 bridgehead atoms. The van der Waals surface area contributed by atoms with Crippen molar-refractivity contribution in [3.05, 3.63) is 29.3 Å². The molecule has 0 aliphatic carbocycles. The summed E-state index contributed by atoms with van der Waals surface area (Å²) in [6, 6.07) is 6.99. The highest BCUT2D eigenvalue weighted by Crippen LogP contribution is 2.23. The van der Waals surface area contributed by atoms with E-state index in [-0.39, 0.29) is 0 Å². The Labute approximate surface area is 116 Å². The Morgan fingerprint density at radius 3 is 2.89 bits per heavy atom. The fourth-order valence-corrected chi connectivity index (χ4v) is 3.13. The molecule has 1 fully saturated rings. The first-order valence-corrected chi connectivity index (χ1v) is 7.70. The van der Waals surface area contributed by atoms with Crippen molar-refractivity contribution in [3.8, 4) is 0 Å². The van der Waals surface area contributed by atoms with Gasteiger partial charge in [-0.05, 0) is 49.4 Å². The number of piperazine rings is 1. The molecule has 1 saturated heterocycles. The predicted molar refractivity (Wildman–Crippen MR) is 80.9 cm³/mol. The number of nitrogens with one attached hydrogen (secondary N) is 2. The maximum absolute atomic E-state index is 3.48. The van der Waals surface area contributed by atoms with E-state index < -0.39 is 0 Å². The van der Waals surface area contributed by atoms with E-state index in [1.165, 1.54) is 62.1 Å². The Morgan fingerprint density at radius 1 is 1.11 bits per heavy atom. The van der Waals surface area contributed by atoms with Gasteiger partial charge in [-0.3, -0.25) is 0 Å². The fourth-order valence-electron chi connectivity index (χ4n) is 3.13. The van der Waals surface area contributed by atoms with Crippen LogP contribution in [-0.4, -0.2) is 44.2 Å². The van der Waals surface area contributed by atoms with Gasteiger partial charge in [-0.2, -0.15) is 0 Å². The minimum absolute atomic E-state index is 1.13. The molecule has 3 rings (SSSR count). The van der Waals surface area contributed by atoms with Crippen LogP contribution in [-0.2, 0) is 12.8 Å². The second kappa shape index (κ2) is 6.40. The molecule has 3 nitrogen and oxygen atoms in total. The number of hydrogen-bond donors (Lipinski definition) is 2. The third-order valence-electron chi connectivity index (χ3n) is 4.26. The van der Waals surface area contributed by atoms with Gasteiger partial charge in [0.1, 0.15) is 0 Å². The standard InChI is InChI=1S/C16H25N3/c1-4-15-13-14(5-6-16(15)18-7-1)3-2-10-19-11-8-17-9-12-19/h5-6,13,17-18H,1-4,7-12H2. The normalized spacial score (nSPS) is 19.8. The second-order valence-electron chi connectivity index (χ2n) is 5.72.